The van der Waals surface area contributed by atoms with E-state index >= 15 is 0 Å². The van der Waals surface area contributed by atoms with Crippen molar-refractivity contribution in [1.29, 1.82) is 0 Å². The number of anilines is 6. The normalized spacial score (nSPS) is 14.8. The number of carbonyl (C=O) groups excluding carboxylic acids is 5. The Morgan fingerprint density at radius 3 is 1.10 bits per heavy atom. The molecule has 4 fully saturated rings. The number of nitrogen functional groups attached to an aromatic ring is 1. The second-order valence-corrected chi connectivity index (χ2v) is 28.2. The summed E-state index contributed by atoms with van der Waals surface area (Å²) >= 11 is 5.50. The fourth-order valence-electron chi connectivity index (χ4n) is 11.9. The van der Waals surface area contributed by atoms with Crippen LogP contribution in [0.3, 0.4) is 0 Å². The summed E-state index contributed by atoms with van der Waals surface area (Å²) in [5.74, 6) is 1.88. The first-order valence-corrected chi connectivity index (χ1v) is 36.5. The van der Waals surface area contributed by atoms with Gasteiger partial charge >= 0.3 is 24.0 Å². The van der Waals surface area contributed by atoms with Crippen LogP contribution in [0, 0.1) is 0 Å². The molecule has 5 aromatic heterocycles. The van der Waals surface area contributed by atoms with Crippen molar-refractivity contribution in [3.05, 3.63) is 233 Å². The molecule has 0 spiro atoms. The number of carboxylic acid groups (broad SMARTS) is 1. The minimum atomic E-state index is -0.933. The smallest absolute Gasteiger partial charge is 0.412 e. The van der Waals surface area contributed by atoms with Crippen LogP contribution >= 0.6 is 11.6 Å². The van der Waals surface area contributed by atoms with Crippen molar-refractivity contribution < 1.29 is 48.1 Å². The number of rotatable bonds is 16. The van der Waals surface area contributed by atoms with Gasteiger partial charge in [0.15, 0.2) is 11.6 Å². The van der Waals surface area contributed by atoms with Crippen molar-refractivity contribution in [2.24, 2.45) is 0 Å². The molecule has 9 heterocycles. The molecular formula is C83H98ClN15O10. The van der Waals surface area contributed by atoms with E-state index in [1.165, 1.54) is 32.7 Å². The summed E-state index contributed by atoms with van der Waals surface area (Å²) in [6.07, 6.45) is 7.53. The Morgan fingerprint density at radius 1 is 0.422 bits per heavy atom. The van der Waals surface area contributed by atoms with E-state index in [-0.39, 0.29) is 35.9 Å². The first-order chi connectivity index (χ1) is 52.4. The van der Waals surface area contributed by atoms with Crippen LogP contribution in [0.4, 0.5) is 39.4 Å². The number of amides is 1. The average molecular weight is 1500 g/mol. The lowest BCUT2D eigenvalue weighted by Crippen LogP contribution is -2.44. The molecule has 0 aliphatic carbocycles. The largest absolute Gasteiger partial charge is 0.478 e. The lowest BCUT2D eigenvalue weighted by Gasteiger charge is -2.33. The second kappa shape index (κ2) is 40.1. The van der Waals surface area contributed by atoms with E-state index < -0.39 is 23.6 Å². The SMILES string of the molecule is CN1CCN(c2ccc(C(=O)Cc3cc(-c4ccccc4)ccc3N)cn2)CC1.CN1CCN(c2ccc(C(=O)Cc3cc(-c4ccccc4)ccc3NC(=O)OC(C)(C)C)cn2)CC1.CN1CCN(c2ccc(C(=O)O)cn2)CC1.COC(=O)c1ccc(Cl)nc1.COC(=O)c1ccc(N2CCN(C)CC2)nc1. The minimum absolute atomic E-state index is 0.0272. The van der Waals surface area contributed by atoms with E-state index in [0.29, 0.717) is 38.8 Å². The van der Waals surface area contributed by atoms with Gasteiger partial charge in [0.25, 0.3) is 0 Å². The number of aromatic nitrogens is 5. The van der Waals surface area contributed by atoms with Crippen molar-refractivity contribution in [2.75, 3.05) is 178 Å². The highest BCUT2D eigenvalue weighted by Crippen LogP contribution is 2.29. The molecule has 0 saturated carbocycles. The molecule has 1 amide bonds. The lowest BCUT2D eigenvalue weighted by molar-refractivity contribution is 0.0591. The quantitative estimate of drug-likeness (QED) is 0.0266. The number of benzene rings is 4. The first-order valence-electron chi connectivity index (χ1n) is 36.2. The number of piperazine rings is 4. The lowest BCUT2D eigenvalue weighted by atomic mass is 9.97. The summed E-state index contributed by atoms with van der Waals surface area (Å²) in [7, 11) is 11.1. The number of nitrogens with zero attached hydrogens (tertiary/aromatic N) is 13. The number of esters is 2. The molecule has 0 unspecified atom stereocenters. The van der Waals surface area contributed by atoms with Gasteiger partial charge < -0.3 is 64.3 Å². The van der Waals surface area contributed by atoms with Crippen molar-refractivity contribution in [3.8, 4) is 22.3 Å². The van der Waals surface area contributed by atoms with Gasteiger partial charge in [-0.3, -0.25) is 14.9 Å². The number of carbonyl (C=O) groups is 6. The summed E-state index contributed by atoms with van der Waals surface area (Å²) in [6, 6.07) is 49.3. The molecular weight excluding hydrogens is 1400 g/mol. The van der Waals surface area contributed by atoms with Crippen LogP contribution in [0.15, 0.2) is 189 Å². The average Bonchev–Trinajstić information content (AvgIpc) is 0.823. The molecule has 9 aromatic rings. The number of ether oxygens (including phenoxy) is 3. The Labute approximate surface area is 643 Å². The Bertz CT molecular complexity index is 4420. The zero-order valence-corrected chi connectivity index (χ0v) is 64.3. The van der Waals surface area contributed by atoms with Crippen LogP contribution < -0.4 is 30.7 Å². The Morgan fingerprint density at radius 2 is 0.761 bits per heavy atom. The predicted molar refractivity (Wildman–Crippen MR) is 429 cm³/mol. The van der Waals surface area contributed by atoms with Crippen LogP contribution in [-0.4, -0.2) is 238 Å². The third kappa shape index (κ3) is 25.2. The van der Waals surface area contributed by atoms with Crippen molar-refractivity contribution in [3.63, 3.8) is 0 Å². The number of hydrogen-bond acceptors (Lipinski definition) is 23. The molecule has 0 atom stereocenters. The van der Waals surface area contributed by atoms with Crippen molar-refractivity contribution in [2.45, 2.75) is 39.2 Å². The highest BCUT2D eigenvalue weighted by Gasteiger charge is 2.23. The van der Waals surface area contributed by atoms with Gasteiger partial charge in [0.2, 0.25) is 0 Å². The number of nitrogens with one attached hydrogen (secondary N) is 1. The molecule has 4 aliphatic heterocycles. The maximum atomic E-state index is 13.3. The van der Waals surface area contributed by atoms with E-state index in [0.717, 1.165) is 161 Å². The van der Waals surface area contributed by atoms with Gasteiger partial charge in [-0.1, -0.05) is 84.4 Å². The number of aromatic carboxylic acids is 1. The number of Topliss-reactive ketones (excluding diaryl/α,β-unsaturated/α-hetero) is 2. The number of carboxylic acids is 1. The standard InChI is InChI=1S/C29H34N4O3.C24H26N4O.C12H17N3O2.C11H15N3O2.C7H6ClNO2/c1-29(2,3)36-28(35)31-25-12-10-22(21-8-6-5-7-9-21)18-24(25)19-26(34)23-11-13-27(30-20-23)33-16-14-32(4)15-17-33;1-27-11-13-28(14-12-27)24-10-8-20(17-26-24)23(29)16-21-15-19(7-9-22(21)25)18-5-3-2-4-6-18;1-14-5-7-15(8-6-14)11-4-3-10(9-13-11)12(16)17-2;1-13-4-6-14(7-5-13)10-3-2-9(8-12-10)11(15)16;1-11-7(10)5-2-3-6(8)9-4-5/h5-13,18,20H,14-17,19H2,1-4H3,(H,31,35);2-10,15,17H,11-14,16,25H2,1H3;3-4,9H,5-8H2,1-2H3;2-3,8H,4-7H2,1H3,(H,15,16);2-4H,1H3. The fourth-order valence-corrected chi connectivity index (χ4v) is 12.1. The molecule has 109 heavy (non-hydrogen) atoms. The zero-order chi connectivity index (χ0) is 78.0. The molecule has 13 rings (SSSR count). The van der Waals surface area contributed by atoms with Gasteiger partial charge in [0, 0.05) is 171 Å². The summed E-state index contributed by atoms with van der Waals surface area (Å²) in [4.78, 5) is 111. The van der Waals surface area contributed by atoms with Gasteiger partial charge in [0.1, 0.15) is 34.0 Å². The number of nitrogens with two attached hydrogens (primary N) is 1. The third-order valence-corrected chi connectivity index (χ3v) is 18.8. The zero-order valence-electron chi connectivity index (χ0n) is 63.5. The molecule has 26 heteroatoms. The minimum Gasteiger partial charge on any atom is -0.478 e. The molecule has 4 saturated heterocycles. The highest BCUT2D eigenvalue weighted by molar-refractivity contribution is 6.29. The van der Waals surface area contributed by atoms with Crippen molar-refractivity contribution in [1.82, 2.24) is 44.5 Å². The van der Waals surface area contributed by atoms with Crippen molar-refractivity contribution >= 4 is 81.8 Å². The molecule has 4 aromatic carbocycles. The van der Waals surface area contributed by atoms with Crippen LogP contribution in [0.25, 0.3) is 22.3 Å². The molecule has 4 aliphatic rings. The number of likely N-dealkylation sites (N-methyl/N-ethyl adjacent to an activating group) is 4. The van der Waals surface area contributed by atoms with Crippen LogP contribution in [0.1, 0.15) is 83.7 Å². The Kier molecular flexibility index (Phi) is 30.1. The molecule has 0 radical (unpaired) electrons. The summed E-state index contributed by atoms with van der Waals surface area (Å²) in [5, 5.41) is 11.9. The highest BCUT2D eigenvalue weighted by atomic mass is 35.5. The molecule has 0 bridgehead atoms. The summed E-state index contributed by atoms with van der Waals surface area (Å²) < 4.78 is 14.5. The van der Waals surface area contributed by atoms with E-state index in [1.807, 2.05) is 136 Å². The van der Waals surface area contributed by atoms with Gasteiger partial charge in [-0.05, 0) is 167 Å². The number of hydrogen-bond donors (Lipinski definition) is 3. The second-order valence-electron chi connectivity index (χ2n) is 27.8. The molecule has 4 N–H and O–H groups in total. The predicted octanol–water partition coefficient (Wildman–Crippen LogP) is 11.5. The summed E-state index contributed by atoms with van der Waals surface area (Å²) in [6.45, 7) is 21.2. The maximum absolute atomic E-state index is 13.3. The van der Waals surface area contributed by atoms with Gasteiger partial charge in [-0.25, -0.2) is 44.1 Å². The van der Waals surface area contributed by atoms with Gasteiger partial charge in [-0.2, -0.15) is 0 Å². The Hall–Kier alpha value is -11.2. The third-order valence-electron chi connectivity index (χ3n) is 18.6. The van der Waals surface area contributed by atoms with E-state index in [9.17, 15) is 28.8 Å². The fraction of sp³-hybridized carbons (Fsp3) is 0.337. The van der Waals surface area contributed by atoms with E-state index in [4.69, 9.17) is 27.2 Å². The first kappa shape index (κ1) is 81.8. The number of ketones is 2. The van der Waals surface area contributed by atoms with Crippen LogP contribution in [0.2, 0.25) is 5.15 Å². The maximum Gasteiger partial charge on any atom is 0.412 e. The number of pyridine rings is 5. The van der Waals surface area contributed by atoms with Gasteiger partial charge in [-0.15, -0.1) is 0 Å². The summed E-state index contributed by atoms with van der Waals surface area (Å²) in [5.41, 5.74) is 14.7. The van der Waals surface area contributed by atoms with Gasteiger partial charge in [0.05, 0.1) is 30.9 Å². The van der Waals surface area contributed by atoms with E-state index in [2.05, 4.69) is 119 Å². The molecule has 572 valence electrons. The van der Waals surface area contributed by atoms with Crippen LogP contribution in [0.5, 0.6) is 0 Å². The monoisotopic (exact) mass is 1500 g/mol. The van der Waals surface area contributed by atoms with Crippen LogP contribution in [-0.2, 0) is 27.1 Å². The number of halogens is 1. The number of methoxy groups -OCH3 is 2. The molecule has 25 nitrogen and oxygen atoms in total. The Balaban J connectivity index is 0.000000167. The van der Waals surface area contributed by atoms with E-state index in [1.54, 1.807) is 42.9 Å². The topological polar surface area (TPSA) is 279 Å².